The van der Waals surface area contributed by atoms with Gasteiger partial charge in [-0.2, -0.15) is 0 Å². The van der Waals surface area contributed by atoms with Gasteiger partial charge in [0.05, 0.1) is 7.11 Å². The van der Waals surface area contributed by atoms with E-state index in [4.69, 9.17) is 4.74 Å². The number of halogens is 1. The molecule has 1 fully saturated rings. The van der Waals surface area contributed by atoms with Crippen LogP contribution >= 0.6 is 15.9 Å². The Morgan fingerprint density at radius 3 is 2.71 bits per heavy atom. The first kappa shape index (κ1) is 15.8. The smallest absolute Gasteiger partial charge is 0.246 e. The molecular formula is C15H19BrN2O3. The van der Waals surface area contributed by atoms with Crippen molar-refractivity contribution in [3.05, 3.63) is 28.2 Å². The van der Waals surface area contributed by atoms with E-state index in [-0.39, 0.29) is 11.8 Å². The molecule has 1 N–H and O–H groups in total. The van der Waals surface area contributed by atoms with Gasteiger partial charge in [0.15, 0.2) is 0 Å². The van der Waals surface area contributed by atoms with Crippen LogP contribution in [0, 0.1) is 0 Å². The van der Waals surface area contributed by atoms with Crippen LogP contribution in [0.3, 0.4) is 0 Å². The highest BCUT2D eigenvalue weighted by Gasteiger charge is 2.37. The molecule has 1 aliphatic heterocycles. The van der Waals surface area contributed by atoms with E-state index < -0.39 is 12.1 Å². The SMILES string of the molecule is CCC1NC(=O)C(C)N(Cc2cc(OC)ccc2Br)C1=O. The van der Waals surface area contributed by atoms with E-state index in [1.807, 2.05) is 25.1 Å². The lowest BCUT2D eigenvalue weighted by molar-refractivity contribution is -0.149. The highest BCUT2D eigenvalue weighted by molar-refractivity contribution is 9.10. The van der Waals surface area contributed by atoms with Crippen LogP contribution in [0.5, 0.6) is 5.75 Å². The van der Waals surface area contributed by atoms with Crippen molar-refractivity contribution in [2.75, 3.05) is 7.11 Å². The minimum absolute atomic E-state index is 0.0423. The number of hydrogen-bond donors (Lipinski definition) is 1. The van der Waals surface area contributed by atoms with Crippen molar-refractivity contribution in [3.8, 4) is 5.75 Å². The van der Waals surface area contributed by atoms with Crippen LogP contribution < -0.4 is 10.1 Å². The number of nitrogens with zero attached hydrogens (tertiary/aromatic N) is 1. The van der Waals surface area contributed by atoms with Gasteiger partial charge in [-0.05, 0) is 37.1 Å². The van der Waals surface area contributed by atoms with Crippen molar-refractivity contribution in [1.29, 1.82) is 0 Å². The predicted octanol–water partition coefficient (Wildman–Crippen LogP) is 2.08. The molecule has 5 nitrogen and oxygen atoms in total. The lowest BCUT2D eigenvalue weighted by atomic mass is 10.0. The number of amides is 2. The van der Waals surface area contributed by atoms with Crippen LogP contribution in [0.15, 0.2) is 22.7 Å². The number of piperazine rings is 1. The van der Waals surface area contributed by atoms with Gasteiger partial charge < -0.3 is 15.0 Å². The van der Waals surface area contributed by atoms with E-state index in [0.29, 0.717) is 13.0 Å². The maximum absolute atomic E-state index is 12.4. The number of hydrogen-bond acceptors (Lipinski definition) is 3. The number of carbonyl (C=O) groups is 2. The minimum atomic E-state index is -0.474. The van der Waals surface area contributed by atoms with Crippen molar-refractivity contribution in [1.82, 2.24) is 10.2 Å². The summed E-state index contributed by atoms with van der Waals surface area (Å²) < 4.78 is 6.10. The summed E-state index contributed by atoms with van der Waals surface area (Å²) in [4.78, 5) is 26.0. The summed E-state index contributed by atoms with van der Waals surface area (Å²) >= 11 is 3.48. The zero-order chi connectivity index (χ0) is 15.6. The van der Waals surface area contributed by atoms with E-state index >= 15 is 0 Å². The van der Waals surface area contributed by atoms with Crippen LogP contribution in [0.4, 0.5) is 0 Å². The van der Waals surface area contributed by atoms with Crippen molar-refractivity contribution >= 4 is 27.7 Å². The quantitative estimate of drug-likeness (QED) is 0.900. The van der Waals surface area contributed by atoms with Gasteiger partial charge in [0.1, 0.15) is 17.8 Å². The summed E-state index contributed by atoms with van der Waals surface area (Å²) in [7, 11) is 1.60. The molecule has 1 aliphatic rings. The third-order valence-electron chi connectivity index (χ3n) is 3.75. The Morgan fingerprint density at radius 1 is 1.38 bits per heavy atom. The molecule has 6 heteroatoms. The molecule has 0 aliphatic carbocycles. The Morgan fingerprint density at radius 2 is 2.10 bits per heavy atom. The number of rotatable bonds is 4. The summed E-state index contributed by atoms with van der Waals surface area (Å²) in [5.41, 5.74) is 0.916. The molecule has 2 atom stereocenters. The zero-order valence-electron chi connectivity index (χ0n) is 12.4. The minimum Gasteiger partial charge on any atom is -0.497 e. The largest absolute Gasteiger partial charge is 0.497 e. The molecule has 0 radical (unpaired) electrons. The normalized spacial score (nSPS) is 22.2. The molecule has 0 bridgehead atoms. The molecule has 1 saturated heterocycles. The molecular weight excluding hydrogens is 336 g/mol. The second kappa shape index (κ2) is 6.47. The Balaban J connectivity index is 2.27. The van der Waals surface area contributed by atoms with E-state index in [1.54, 1.807) is 18.9 Å². The number of benzene rings is 1. The van der Waals surface area contributed by atoms with Gasteiger partial charge in [-0.15, -0.1) is 0 Å². The van der Waals surface area contributed by atoms with Gasteiger partial charge in [-0.3, -0.25) is 9.59 Å². The third kappa shape index (κ3) is 3.20. The number of nitrogens with one attached hydrogen (secondary N) is 1. The second-order valence-electron chi connectivity index (χ2n) is 5.07. The van der Waals surface area contributed by atoms with E-state index in [0.717, 1.165) is 15.8 Å². The predicted molar refractivity (Wildman–Crippen MR) is 82.9 cm³/mol. The van der Waals surface area contributed by atoms with Crippen LogP contribution in [-0.4, -0.2) is 35.9 Å². The van der Waals surface area contributed by atoms with Gasteiger partial charge in [-0.25, -0.2) is 0 Å². The third-order valence-corrected chi connectivity index (χ3v) is 4.52. The van der Waals surface area contributed by atoms with Gasteiger partial charge in [-0.1, -0.05) is 22.9 Å². The lowest BCUT2D eigenvalue weighted by Crippen LogP contribution is -2.61. The fourth-order valence-electron chi connectivity index (χ4n) is 2.36. The van der Waals surface area contributed by atoms with Crippen molar-refractivity contribution in [3.63, 3.8) is 0 Å². The molecule has 114 valence electrons. The first-order valence-electron chi connectivity index (χ1n) is 6.91. The molecule has 0 spiro atoms. The zero-order valence-corrected chi connectivity index (χ0v) is 13.9. The summed E-state index contributed by atoms with van der Waals surface area (Å²) in [6.45, 7) is 4.01. The van der Waals surface area contributed by atoms with Gasteiger partial charge in [0.25, 0.3) is 0 Å². The second-order valence-corrected chi connectivity index (χ2v) is 5.92. The fourth-order valence-corrected chi connectivity index (χ4v) is 2.73. The van der Waals surface area contributed by atoms with Crippen molar-refractivity contribution in [2.24, 2.45) is 0 Å². The molecule has 0 aromatic heterocycles. The molecule has 21 heavy (non-hydrogen) atoms. The maximum atomic E-state index is 12.4. The monoisotopic (exact) mass is 354 g/mol. The summed E-state index contributed by atoms with van der Waals surface area (Å²) in [6, 6.07) is 4.69. The Bertz CT molecular complexity index is 562. The topological polar surface area (TPSA) is 58.6 Å². The van der Waals surface area contributed by atoms with Gasteiger partial charge in [0.2, 0.25) is 11.8 Å². The standard InChI is InChI=1S/C15H19BrN2O3/c1-4-13-15(20)18(9(2)14(19)17-13)8-10-7-11(21-3)5-6-12(10)16/h5-7,9,13H,4,8H2,1-3H3,(H,17,19). The van der Waals surface area contributed by atoms with E-state index in [2.05, 4.69) is 21.2 Å². The average Bonchev–Trinajstić information content (AvgIpc) is 2.49. The Labute approximate surface area is 132 Å². The number of methoxy groups -OCH3 is 1. The number of carbonyl (C=O) groups excluding carboxylic acids is 2. The van der Waals surface area contributed by atoms with Gasteiger partial charge in [0, 0.05) is 11.0 Å². The summed E-state index contributed by atoms with van der Waals surface area (Å²) in [6.07, 6.45) is 0.590. The van der Waals surface area contributed by atoms with Gasteiger partial charge >= 0.3 is 0 Å². The van der Waals surface area contributed by atoms with Crippen LogP contribution in [0.2, 0.25) is 0 Å². The fraction of sp³-hybridized carbons (Fsp3) is 0.467. The summed E-state index contributed by atoms with van der Waals surface area (Å²) in [5.74, 6) is 0.571. The number of ether oxygens (including phenoxy) is 1. The molecule has 2 amide bonds. The van der Waals surface area contributed by atoms with Crippen molar-refractivity contribution in [2.45, 2.75) is 38.9 Å². The van der Waals surface area contributed by atoms with Crippen LogP contribution in [0.1, 0.15) is 25.8 Å². The lowest BCUT2D eigenvalue weighted by Gasteiger charge is -2.37. The van der Waals surface area contributed by atoms with E-state index in [1.165, 1.54) is 0 Å². The highest BCUT2D eigenvalue weighted by Crippen LogP contribution is 2.25. The summed E-state index contributed by atoms with van der Waals surface area (Å²) in [5, 5.41) is 2.75. The highest BCUT2D eigenvalue weighted by atomic mass is 79.9. The Hall–Kier alpha value is -1.56. The first-order chi connectivity index (χ1) is 9.97. The van der Waals surface area contributed by atoms with E-state index in [9.17, 15) is 9.59 Å². The molecule has 1 aromatic carbocycles. The molecule has 1 aromatic rings. The first-order valence-corrected chi connectivity index (χ1v) is 7.70. The molecule has 2 unspecified atom stereocenters. The molecule has 0 saturated carbocycles. The molecule has 2 rings (SSSR count). The average molecular weight is 355 g/mol. The van der Waals surface area contributed by atoms with Crippen LogP contribution in [0.25, 0.3) is 0 Å². The van der Waals surface area contributed by atoms with Crippen molar-refractivity contribution < 1.29 is 14.3 Å². The Kier molecular flexibility index (Phi) is 4.88. The molecule has 1 heterocycles. The maximum Gasteiger partial charge on any atom is 0.246 e. The van der Waals surface area contributed by atoms with Crippen LogP contribution in [-0.2, 0) is 16.1 Å².